The summed E-state index contributed by atoms with van der Waals surface area (Å²) in [6.07, 6.45) is 1.14. The van der Waals surface area contributed by atoms with E-state index >= 15 is 0 Å². The first-order valence-corrected chi connectivity index (χ1v) is 6.32. The molecule has 1 N–H and O–H groups in total. The van der Waals surface area contributed by atoms with Crippen LogP contribution in [0.2, 0.25) is 5.02 Å². The molecule has 0 aliphatic rings. The number of carboxylic acid groups (broad SMARTS) is 1. The molecule has 102 valence electrons. The van der Waals surface area contributed by atoms with Gasteiger partial charge in [-0.2, -0.15) is 0 Å². The molecule has 0 unspecified atom stereocenters. The number of allylic oxidation sites excluding steroid dienone is 1. The Morgan fingerprint density at radius 1 is 1.20 bits per heavy atom. The summed E-state index contributed by atoms with van der Waals surface area (Å²) >= 11 is 6.15. The van der Waals surface area contributed by atoms with E-state index in [1.165, 1.54) is 12.1 Å². The molecule has 20 heavy (non-hydrogen) atoms. The topological polar surface area (TPSA) is 37.3 Å². The maximum absolute atomic E-state index is 12.9. The van der Waals surface area contributed by atoms with Crippen LogP contribution in [0.25, 0.3) is 16.7 Å². The van der Waals surface area contributed by atoms with Crippen molar-refractivity contribution < 1.29 is 14.3 Å². The van der Waals surface area contributed by atoms with Crippen molar-refractivity contribution in [2.45, 2.75) is 6.92 Å². The average molecular weight is 291 g/mol. The van der Waals surface area contributed by atoms with Gasteiger partial charge < -0.3 is 5.11 Å². The molecule has 0 saturated heterocycles. The molecule has 0 amide bonds. The fraction of sp³-hybridized carbons (Fsp3) is 0.0625. The van der Waals surface area contributed by atoms with Crippen molar-refractivity contribution in [2.24, 2.45) is 0 Å². The fourth-order valence-corrected chi connectivity index (χ4v) is 2.12. The number of hydrogen-bond donors (Lipinski definition) is 1. The third-order valence-corrected chi connectivity index (χ3v) is 3.25. The maximum atomic E-state index is 12.9. The highest BCUT2D eigenvalue weighted by molar-refractivity contribution is 6.33. The highest BCUT2D eigenvalue weighted by Crippen LogP contribution is 2.31. The zero-order valence-electron chi connectivity index (χ0n) is 10.7. The van der Waals surface area contributed by atoms with Crippen LogP contribution < -0.4 is 0 Å². The third kappa shape index (κ3) is 3.25. The Kier molecular flexibility index (Phi) is 4.20. The molecule has 0 aromatic heterocycles. The lowest BCUT2D eigenvalue weighted by Gasteiger charge is -2.08. The Bertz CT molecular complexity index is 675. The molecule has 0 bridgehead atoms. The summed E-state index contributed by atoms with van der Waals surface area (Å²) in [6, 6.07) is 11.2. The van der Waals surface area contributed by atoms with Gasteiger partial charge in [0, 0.05) is 16.7 Å². The Morgan fingerprint density at radius 2 is 1.85 bits per heavy atom. The summed E-state index contributed by atoms with van der Waals surface area (Å²) in [6.45, 7) is 1.71. The minimum Gasteiger partial charge on any atom is -0.478 e. The van der Waals surface area contributed by atoms with Gasteiger partial charge in [0.15, 0.2) is 0 Å². The summed E-state index contributed by atoms with van der Waals surface area (Å²) in [7, 11) is 0. The minimum atomic E-state index is -0.999. The summed E-state index contributed by atoms with van der Waals surface area (Å²) in [5, 5.41) is 9.30. The van der Waals surface area contributed by atoms with E-state index in [1.54, 1.807) is 37.3 Å². The van der Waals surface area contributed by atoms with E-state index in [9.17, 15) is 9.18 Å². The normalized spacial score (nSPS) is 11.4. The Hall–Kier alpha value is -2.13. The number of aliphatic carboxylic acids is 1. The van der Waals surface area contributed by atoms with Crippen molar-refractivity contribution in [3.63, 3.8) is 0 Å². The predicted octanol–water partition coefficient (Wildman–Crippen LogP) is 4.63. The lowest BCUT2D eigenvalue weighted by molar-refractivity contribution is -0.131. The average Bonchev–Trinajstić information content (AvgIpc) is 2.39. The van der Waals surface area contributed by atoms with Crippen molar-refractivity contribution in [1.29, 1.82) is 0 Å². The second kappa shape index (κ2) is 5.88. The quantitative estimate of drug-likeness (QED) is 0.837. The number of carboxylic acids is 1. The van der Waals surface area contributed by atoms with E-state index in [1.807, 2.05) is 0 Å². The summed E-state index contributed by atoms with van der Waals surface area (Å²) in [5.74, 6) is -1.32. The Morgan fingerprint density at radius 3 is 2.45 bits per heavy atom. The summed E-state index contributed by atoms with van der Waals surface area (Å²) in [4.78, 5) is 10.7. The fourth-order valence-electron chi connectivity index (χ4n) is 1.89. The van der Waals surface area contributed by atoms with Gasteiger partial charge in [-0.05, 0) is 47.9 Å². The van der Waals surface area contributed by atoms with Gasteiger partial charge in [0.2, 0.25) is 0 Å². The van der Waals surface area contributed by atoms with E-state index < -0.39 is 5.97 Å². The molecule has 0 aliphatic carbocycles. The van der Waals surface area contributed by atoms with Gasteiger partial charge in [-0.25, -0.2) is 9.18 Å². The van der Waals surface area contributed by atoms with Crippen molar-refractivity contribution in [2.75, 3.05) is 0 Å². The second-order valence-electron chi connectivity index (χ2n) is 4.37. The van der Waals surface area contributed by atoms with Crippen molar-refractivity contribution in [3.8, 4) is 11.1 Å². The first-order valence-electron chi connectivity index (χ1n) is 5.94. The smallest absolute Gasteiger partial charge is 0.328 e. The monoisotopic (exact) mass is 290 g/mol. The molecule has 2 nitrogen and oxygen atoms in total. The molecule has 0 fully saturated rings. The zero-order valence-corrected chi connectivity index (χ0v) is 11.5. The molecule has 2 aromatic rings. The molecule has 2 aromatic carbocycles. The van der Waals surface area contributed by atoms with Crippen LogP contribution in [0, 0.1) is 5.82 Å². The molecule has 0 saturated carbocycles. The van der Waals surface area contributed by atoms with Crippen LogP contribution in [0.3, 0.4) is 0 Å². The molecule has 0 heterocycles. The lowest BCUT2D eigenvalue weighted by Crippen LogP contribution is -1.91. The van der Waals surface area contributed by atoms with Crippen LogP contribution in [0.1, 0.15) is 12.5 Å². The highest BCUT2D eigenvalue weighted by Gasteiger charge is 2.07. The number of benzene rings is 2. The van der Waals surface area contributed by atoms with Crippen LogP contribution in [0.4, 0.5) is 4.39 Å². The molecule has 0 radical (unpaired) electrons. The molecular formula is C16H12ClFO2. The van der Waals surface area contributed by atoms with Gasteiger partial charge in [-0.3, -0.25) is 0 Å². The number of halogens is 2. The first kappa shape index (κ1) is 14.3. The Labute approximate surface area is 121 Å². The van der Waals surface area contributed by atoms with Gasteiger partial charge in [-0.15, -0.1) is 0 Å². The van der Waals surface area contributed by atoms with Gasteiger partial charge in [0.1, 0.15) is 5.82 Å². The molecular weight excluding hydrogens is 279 g/mol. The predicted molar refractivity (Wildman–Crippen MR) is 78.1 cm³/mol. The van der Waals surface area contributed by atoms with E-state index in [4.69, 9.17) is 16.7 Å². The summed E-state index contributed by atoms with van der Waals surface area (Å²) < 4.78 is 12.9. The number of hydrogen-bond acceptors (Lipinski definition) is 1. The van der Waals surface area contributed by atoms with Crippen LogP contribution in [-0.4, -0.2) is 11.1 Å². The zero-order chi connectivity index (χ0) is 14.7. The van der Waals surface area contributed by atoms with Crippen LogP contribution in [0.5, 0.6) is 0 Å². The Balaban J connectivity index is 2.49. The molecule has 2 rings (SSSR count). The van der Waals surface area contributed by atoms with Gasteiger partial charge >= 0.3 is 5.97 Å². The standard InChI is InChI=1S/C16H12ClFO2/c1-10(8-16(19)20)12-4-7-15(17)14(9-12)11-2-5-13(18)6-3-11/h2-9H,1H3,(H,19,20)/b10-8+. The van der Waals surface area contributed by atoms with Crippen LogP contribution >= 0.6 is 11.6 Å². The third-order valence-electron chi connectivity index (χ3n) is 2.92. The highest BCUT2D eigenvalue weighted by atomic mass is 35.5. The van der Waals surface area contributed by atoms with Crippen LogP contribution in [0.15, 0.2) is 48.5 Å². The molecule has 0 spiro atoms. The van der Waals surface area contributed by atoms with Crippen molar-refractivity contribution >= 4 is 23.1 Å². The van der Waals surface area contributed by atoms with Crippen molar-refractivity contribution in [3.05, 3.63) is 64.9 Å². The maximum Gasteiger partial charge on any atom is 0.328 e. The minimum absolute atomic E-state index is 0.317. The number of rotatable bonds is 3. The van der Waals surface area contributed by atoms with Crippen LogP contribution in [-0.2, 0) is 4.79 Å². The largest absolute Gasteiger partial charge is 0.478 e. The number of carbonyl (C=O) groups is 1. The van der Waals surface area contributed by atoms with E-state index in [2.05, 4.69) is 0 Å². The van der Waals surface area contributed by atoms with E-state index in [0.29, 0.717) is 10.6 Å². The summed E-state index contributed by atoms with van der Waals surface area (Å²) in [5.41, 5.74) is 2.90. The molecule has 0 aliphatic heterocycles. The lowest BCUT2D eigenvalue weighted by atomic mass is 9.99. The SMILES string of the molecule is C/C(=C\C(=O)O)c1ccc(Cl)c(-c2ccc(F)cc2)c1. The molecule has 4 heteroatoms. The van der Waals surface area contributed by atoms with Crippen molar-refractivity contribution in [1.82, 2.24) is 0 Å². The first-order chi connectivity index (χ1) is 9.47. The van der Waals surface area contributed by atoms with Gasteiger partial charge in [-0.1, -0.05) is 29.8 Å². The van der Waals surface area contributed by atoms with E-state index in [-0.39, 0.29) is 5.82 Å². The van der Waals surface area contributed by atoms with Gasteiger partial charge in [0.25, 0.3) is 0 Å². The second-order valence-corrected chi connectivity index (χ2v) is 4.77. The van der Waals surface area contributed by atoms with Gasteiger partial charge in [0.05, 0.1) is 0 Å². The molecule has 0 atom stereocenters. The van der Waals surface area contributed by atoms with E-state index in [0.717, 1.165) is 22.8 Å².